The topological polar surface area (TPSA) is 71.9 Å². The van der Waals surface area contributed by atoms with Gasteiger partial charge in [0.25, 0.3) is 0 Å². The fourth-order valence-electron chi connectivity index (χ4n) is 3.34. The molecule has 2 N–H and O–H groups in total. The molecule has 6 heteroatoms. The number of carbonyl (C=O) groups excluding carboxylic acids is 1. The SMILES string of the molecule is O=C(Cc1c[nH]c2ccccc12)Nc1cnn(CC2CCCCO2)c1. The van der Waals surface area contributed by atoms with Crippen LogP contribution in [-0.2, 0) is 22.5 Å². The molecular formula is C19H22N4O2. The smallest absolute Gasteiger partial charge is 0.228 e. The van der Waals surface area contributed by atoms with Gasteiger partial charge in [-0.15, -0.1) is 0 Å². The van der Waals surface area contributed by atoms with Crippen LogP contribution in [0.1, 0.15) is 24.8 Å². The molecule has 4 rings (SSSR count). The molecule has 1 unspecified atom stereocenters. The Balaban J connectivity index is 1.36. The highest BCUT2D eigenvalue weighted by molar-refractivity contribution is 5.95. The molecule has 1 amide bonds. The van der Waals surface area contributed by atoms with Crippen molar-refractivity contribution in [2.75, 3.05) is 11.9 Å². The zero-order valence-corrected chi connectivity index (χ0v) is 14.1. The highest BCUT2D eigenvalue weighted by Crippen LogP contribution is 2.19. The number of rotatable bonds is 5. The molecule has 1 aliphatic rings. The molecule has 0 bridgehead atoms. The third kappa shape index (κ3) is 3.74. The Morgan fingerprint density at radius 2 is 2.28 bits per heavy atom. The maximum atomic E-state index is 12.3. The van der Waals surface area contributed by atoms with Crippen LogP contribution in [0, 0.1) is 0 Å². The number of para-hydroxylation sites is 1. The van der Waals surface area contributed by atoms with Crippen molar-refractivity contribution >= 4 is 22.5 Å². The summed E-state index contributed by atoms with van der Waals surface area (Å²) in [5.74, 6) is -0.0433. The number of aromatic nitrogens is 3. The van der Waals surface area contributed by atoms with E-state index >= 15 is 0 Å². The van der Waals surface area contributed by atoms with Crippen LogP contribution in [0.2, 0.25) is 0 Å². The van der Waals surface area contributed by atoms with Crippen molar-refractivity contribution in [2.45, 2.75) is 38.3 Å². The largest absolute Gasteiger partial charge is 0.376 e. The van der Waals surface area contributed by atoms with Crippen molar-refractivity contribution in [3.8, 4) is 0 Å². The van der Waals surface area contributed by atoms with Gasteiger partial charge in [0, 0.05) is 29.9 Å². The molecule has 0 aliphatic carbocycles. The van der Waals surface area contributed by atoms with Gasteiger partial charge in [0.15, 0.2) is 0 Å². The number of carbonyl (C=O) groups is 1. The molecule has 0 spiro atoms. The van der Waals surface area contributed by atoms with Crippen LogP contribution in [0.4, 0.5) is 5.69 Å². The average Bonchev–Trinajstić information content (AvgIpc) is 3.23. The van der Waals surface area contributed by atoms with Crippen LogP contribution >= 0.6 is 0 Å². The van der Waals surface area contributed by atoms with E-state index in [-0.39, 0.29) is 12.0 Å². The van der Waals surface area contributed by atoms with Gasteiger partial charge in [0.05, 0.1) is 31.0 Å². The third-order valence-corrected chi connectivity index (χ3v) is 4.61. The molecule has 1 saturated heterocycles. The van der Waals surface area contributed by atoms with Gasteiger partial charge in [-0.3, -0.25) is 9.48 Å². The molecule has 3 heterocycles. The molecule has 130 valence electrons. The first-order valence-corrected chi connectivity index (χ1v) is 8.77. The lowest BCUT2D eigenvalue weighted by Gasteiger charge is -2.22. The molecule has 3 aromatic rings. The zero-order valence-electron chi connectivity index (χ0n) is 14.1. The van der Waals surface area contributed by atoms with Gasteiger partial charge >= 0.3 is 0 Å². The van der Waals surface area contributed by atoms with Gasteiger partial charge in [-0.1, -0.05) is 18.2 Å². The summed E-state index contributed by atoms with van der Waals surface area (Å²) in [4.78, 5) is 15.5. The molecule has 1 fully saturated rings. The van der Waals surface area contributed by atoms with Crippen molar-refractivity contribution in [2.24, 2.45) is 0 Å². The van der Waals surface area contributed by atoms with E-state index in [1.54, 1.807) is 6.20 Å². The highest BCUT2D eigenvalue weighted by atomic mass is 16.5. The zero-order chi connectivity index (χ0) is 17.1. The molecule has 25 heavy (non-hydrogen) atoms. The van der Waals surface area contributed by atoms with Gasteiger partial charge in [0.2, 0.25) is 5.91 Å². The van der Waals surface area contributed by atoms with E-state index in [0.717, 1.165) is 48.1 Å². The second-order valence-electron chi connectivity index (χ2n) is 6.52. The van der Waals surface area contributed by atoms with E-state index in [1.165, 1.54) is 6.42 Å². The molecule has 1 aromatic carbocycles. The number of fused-ring (bicyclic) bond motifs is 1. The number of nitrogens with zero attached hydrogens (tertiary/aromatic N) is 2. The monoisotopic (exact) mass is 338 g/mol. The maximum Gasteiger partial charge on any atom is 0.228 e. The van der Waals surface area contributed by atoms with E-state index in [9.17, 15) is 4.79 Å². The number of ether oxygens (including phenoxy) is 1. The standard InChI is InChI=1S/C19H22N4O2/c24-19(9-14-10-20-18-7-2-1-6-17(14)18)22-15-11-21-23(12-15)13-16-5-3-4-8-25-16/h1-2,6-7,10-12,16,20H,3-5,8-9,13H2,(H,22,24). The lowest BCUT2D eigenvalue weighted by molar-refractivity contribution is -0.115. The number of aromatic amines is 1. The van der Waals surface area contributed by atoms with E-state index in [2.05, 4.69) is 15.4 Å². The van der Waals surface area contributed by atoms with Gasteiger partial charge in [-0.25, -0.2) is 0 Å². The Morgan fingerprint density at radius 3 is 3.16 bits per heavy atom. The van der Waals surface area contributed by atoms with E-state index in [4.69, 9.17) is 4.74 Å². The van der Waals surface area contributed by atoms with Gasteiger partial charge in [0.1, 0.15) is 0 Å². The van der Waals surface area contributed by atoms with Crippen LogP contribution in [0.25, 0.3) is 10.9 Å². The van der Waals surface area contributed by atoms with E-state index in [1.807, 2.05) is 41.3 Å². The molecule has 6 nitrogen and oxygen atoms in total. The van der Waals surface area contributed by atoms with Crippen LogP contribution in [0.5, 0.6) is 0 Å². The summed E-state index contributed by atoms with van der Waals surface area (Å²) < 4.78 is 7.58. The maximum absolute atomic E-state index is 12.3. The Kier molecular flexibility index (Phi) is 4.52. The van der Waals surface area contributed by atoms with Crippen molar-refractivity contribution in [1.82, 2.24) is 14.8 Å². The normalized spacial score (nSPS) is 17.7. The summed E-state index contributed by atoms with van der Waals surface area (Å²) in [5.41, 5.74) is 2.77. The minimum absolute atomic E-state index is 0.0433. The number of benzene rings is 1. The van der Waals surface area contributed by atoms with Crippen molar-refractivity contribution in [1.29, 1.82) is 0 Å². The van der Waals surface area contributed by atoms with Crippen molar-refractivity contribution in [3.63, 3.8) is 0 Å². The Morgan fingerprint density at radius 1 is 1.36 bits per heavy atom. The lowest BCUT2D eigenvalue weighted by atomic mass is 10.1. The molecule has 1 atom stereocenters. The van der Waals surface area contributed by atoms with E-state index < -0.39 is 0 Å². The summed E-state index contributed by atoms with van der Waals surface area (Å²) in [7, 11) is 0. The molecule has 1 aliphatic heterocycles. The minimum atomic E-state index is -0.0433. The van der Waals surface area contributed by atoms with E-state index in [0.29, 0.717) is 6.42 Å². The number of amides is 1. The number of H-pyrrole nitrogens is 1. The Labute approximate surface area is 146 Å². The number of nitrogens with one attached hydrogen (secondary N) is 2. The lowest BCUT2D eigenvalue weighted by Crippen LogP contribution is -2.24. The predicted octanol–water partition coefficient (Wildman–Crippen LogP) is 3.11. The predicted molar refractivity (Wildman–Crippen MR) is 96.5 cm³/mol. The first-order chi connectivity index (χ1) is 12.3. The number of hydrogen-bond acceptors (Lipinski definition) is 3. The first-order valence-electron chi connectivity index (χ1n) is 8.77. The number of anilines is 1. The minimum Gasteiger partial charge on any atom is -0.376 e. The summed E-state index contributed by atoms with van der Waals surface area (Å²) >= 11 is 0. The Hall–Kier alpha value is -2.60. The fourth-order valence-corrected chi connectivity index (χ4v) is 3.34. The number of hydrogen-bond donors (Lipinski definition) is 2. The van der Waals surface area contributed by atoms with Crippen LogP contribution < -0.4 is 5.32 Å². The first kappa shape index (κ1) is 15.9. The molecule has 0 saturated carbocycles. The highest BCUT2D eigenvalue weighted by Gasteiger charge is 2.15. The second kappa shape index (κ2) is 7.11. The quantitative estimate of drug-likeness (QED) is 0.751. The Bertz CT molecular complexity index is 861. The molecule has 2 aromatic heterocycles. The second-order valence-corrected chi connectivity index (χ2v) is 6.52. The van der Waals surface area contributed by atoms with Crippen molar-refractivity contribution < 1.29 is 9.53 Å². The third-order valence-electron chi connectivity index (χ3n) is 4.61. The van der Waals surface area contributed by atoms with Crippen LogP contribution in [0.15, 0.2) is 42.9 Å². The summed E-state index contributed by atoms with van der Waals surface area (Å²) in [6.45, 7) is 1.57. The van der Waals surface area contributed by atoms with Gasteiger partial charge in [-0.05, 0) is 30.9 Å². The summed E-state index contributed by atoms with van der Waals surface area (Å²) in [5, 5.41) is 8.34. The average molecular weight is 338 g/mol. The van der Waals surface area contributed by atoms with Crippen LogP contribution in [0.3, 0.4) is 0 Å². The van der Waals surface area contributed by atoms with Crippen LogP contribution in [-0.4, -0.2) is 33.4 Å². The van der Waals surface area contributed by atoms with Crippen molar-refractivity contribution in [3.05, 3.63) is 48.4 Å². The molecular weight excluding hydrogens is 316 g/mol. The summed E-state index contributed by atoms with van der Waals surface area (Å²) in [6, 6.07) is 7.99. The summed E-state index contributed by atoms with van der Waals surface area (Å²) in [6.07, 6.45) is 9.44. The van der Waals surface area contributed by atoms with Gasteiger partial charge in [-0.2, -0.15) is 5.10 Å². The van der Waals surface area contributed by atoms with Gasteiger partial charge < -0.3 is 15.0 Å². The fraction of sp³-hybridized carbons (Fsp3) is 0.368. The molecule has 0 radical (unpaired) electrons.